The molecule has 4 aliphatic rings. The lowest BCUT2D eigenvalue weighted by Crippen LogP contribution is -2.93. The van der Waals surface area contributed by atoms with Crippen molar-refractivity contribution >= 4 is 0 Å². The van der Waals surface area contributed by atoms with Gasteiger partial charge in [0.15, 0.2) is 10.1 Å². The van der Waals surface area contributed by atoms with Crippen LogP contribution in [0.5, 0.6) is 0 Å². The van der Waals surface area contributed by atoms with Gasteiger partial charge < -0.3 is 0 Å². The van der Waals surface area contributed by atoms with Crippen LogP contribution >= 0.6 is 0 Å². The summed E-state index contributed by atoms with van der Waals surface area (Å²) in [5, 5.41) is 66.1. The van der Waals surface area contributed by atoms with Crippen LogP contribution < -0.4 is 0 Å². The second kappa shape index (κ2) is 5.26. The Morgan fingerprint density at radius 2 is 0.750 bits per heavy atom. The van der Waals surface area contributed by atoms with Crippen LogP contribution in [-0.4, -0.2) is 75.3 Å². The average Bonchev–Trinajstić information content (AvgIpc) is 2.52. The Labute approximate surface area is 150 Å². The maximum Gasteiger partial charge on any atom is 0.508 e. The monoisotopic (exact) mass is 408 g/mol. The molecule has 28 heavy (non-hydrogen) atoms. The molecule has 20 nitrogen and oxygen atoms in total. The number of piperidine rings is 4. The number of hydrogen-bond acceptors (Lipinski definition) is 12. The molecule has 0 saturated carbocycles. The van der Waals surface area contributed by atoms with E-state index in [-0.39, 0.29) is 10.0 Å². The van der Waals surface area contributed by atoms with Crippen molar-refractivity contribution in [3.63, 3.8) is 0 Å². The molecule has 0 aliphatic carbocycles. The third kappa shape index (κ3) is 1.68. The summed E-state index contributed by atoms with van der Waals surface area (Å²) in [5.74, 6) is 0. The molecule has 4 unspecified atom stereocenters. The van der Waals surface area contributed by atoms with Gasteiger partial charge in [0.2, 0.25) is 24.2 Å². The first-order chi connectivity index (χ1) is 12.9. The molecule has 4 heterocycles. The SMILES string of the molecule is O=[N+]([O-])N1C2CC3N([N+](=O)[O-])C(CC1C3([N+](=O)[O-])[N+](=O)[O-])C2([N+](=O)[O-])[N+](=O)[O-]. The highest BCUT2D eigenvalue weighted by atomic mass is 16.7. The van der Waals surface area contributed by atoms with E-state index >= 15 is 0 Å². The molecule has 0 N–H and O–H groups in total. The molecular formula is C8H8N8O12. The van der Waals surface area contributed by atoms with Gasteiger partial charge in [-0.1, -0.05) is 10.0 Å². The number of rotatable bonds is 6. The molecule has 0 aromatic rings. The van der Waals surface area contributed by atoms with Gasteiger partial charge >= 0.3 is 11.3 Å². The van der Waals surface area contributed by atoms with Crippen LogP contribution in [0.25, 0.3) is 0 Å². The van der Waals surface area contributed by atoms with Crippen molar-refractivity contribution in [3.8, 4) is 0 Å². The lowest BCUT2D eigenvalue weighted by molar-refractivity contribution is -0.900. The number of nitro groups is 6. The van der Waals surface area contributed by atoms with E-state index in [4.69, 9.17) is 0 Å². The fourth-order valence-electron chi connectivity index (χ4n) is 4.77. The molecule has 0 aromatic heterocycles. The summed E-state index contributed by atoms with van der Waals surface area (Å²) in [6, 6.07) is -9.09. The predicted molar refractivity (Wildman–Crippen MR) is 75.5 cm³/mol. The highest BCUT2D eigenvalue weighted by Gasteiger charge is 2.96. The van der Waals surface area contributed by atoms with Crippen LogP contribution in [0, 0.1) is 60.7 Å². The second-order valence-corrected chi connectivity index (χ2v) is 6.36. The molecule has 4 atom stereocenters. The largest absolute Gasteiger partial charge is 0.508 e. The van der Waals surface area contributed by atoms with Gasteiger partial charge in [-0.15, -0.1) is 0 Å². The molecule has 0 aromatic carbocycles. The zero-order chi connectivity index (χ0) is 21.3. The minimum Gasteiger partial charge on any atom is -0.258 e. The summed E-state index contributed by atoms with van der Waals surface area (Å²) in [4.78, 5) is 63.3. The minimum absolute atomic E-state index is 0.221. The van der Waals surface area contributed by atoms with E-state index in [1.165, 1.54) is 0 Å². The molecule has 4 aliphatic heterocycles. The van der Waals surface area contributed by atoms with E-state index in [9.17, 15) is 60.7 Å². The summed E-state index contributed by atoms with van der Waals surface area (Å²) in [6.07, 6.45) is -2.56. The van der Waals surface area contributed by atoms with Gasteiger partial charge in [0, 0.05) is 12.8 Å². The maximum atomic E-state index is 11.6. The quantitative estimate of drug-likeness (QED) is 0.255. The Balaban J connectivity index is 2.37. The Kier molecular flexibility index (Phi) is 3.53. The summed E-state index contributed by atoms with van der Waals surface area (Å²) < 4.78 is 0. The third-order valence-electron chi connectivity index (χ3n) is 5.68. The van der Waals surface area contributed by atoms with Crippen LogP contribution in [-0.2, 0) is 0 Å². The van der Waals surface area contributed by atoms with E-state index in [0.29, 0.717) is 0 Å². The van der Waals surface area contributed by atoms with Crippen LogP contribution in [0.4, 0.5) is 0 Å². The average molecular weight is 408 g/mol. The number of nitrogens with zero attached hydrogens (tertiary/aromatic N) is 8. The summed E-state index contributed by atoms with van der Waals surface area (Å²) >= 11 is 0. The molecule has 0 spiro atoms. The third-order valence-corrected chi connectivity index (χ3v) is 5.68. The van der Waals surface area contributed by atoms with Crippen molar-refractivity contribution in [3.05, 3.63) is 60.7 Å². The van der Waals surface area contributed by atoms with E-state index in [2.05, 4.69) is 0 Å². The first kappa shape index (κ1) is 18.8. The predicted octanol–water partition coefficient (Wildman–Crippen LogP) is -2.23. The smallest absolute Gasteiger partial charge is 0.258 e. The fraction of sp³-hybridized carbons (Fsp3) is 1.00. The topological polar surface area (TPSA) is 265 Å². The molecule has 0 radical (unpaired) electrons. The lowest BCUT2D eigenvalue weighted by atomic mass is 9.63. The van der Waals surface area contributed by atoms with Crippen LogP contribution in [0.1, 0.15) is 12.8 Å². The normalized spacial score (nSPS) is 31.3. The van der Waals surface area contributed by atoms with Gasteiger partial charge in [-0.25, -0.2) is 20.2 Å². The highest BCUT2D eigenvalue weighted by molar-refractivity contribution is 5.18. The summed E-state index contributed by atoms with van der Waals surface area (Å²) in [5.41, 5.74) is -6.96. The molecule has 4 bridgehead atoms. The van der Waals surface area contributed by atoms with Crippen molar-refractivity contribution < 1.29 is 29.8 Å². The molecule has 4 saturated heterocycles. The van der Waals surface area contributed by atoms with Crippen molar-refractivity contribution in [2.75, 3.05) is 0 Å². The summed E-state index contributed by atoms with van der Waals surface area (Å²) in [6.45, 7) is 0. The molecule has 20 heteroatoms. The molecule has 152 valence electrons. The Morgan fingerprint density at radius 3 is 0.893 bits per heavy atom. The highest BCUT2D eigenvalue weighted by Crippen LogP contribution is 2.55. The Hall–Kier alpha value is -4.00. The van der Waals surface area contributed by atoms with Crippen molar-refractivity contribution in [1.29, 1.82) is 0 Å². The lowest BCUT2D eigenvalue weighted by Gasteiger charge is -2.54. The zero-order valence-corrected chi connectivity index (χ0v) is 13.2. The van der Waals surface area contributed by atoms with Crippen LogP contribution in [0.2, 0.25) is 0 Å². The van der Waals surface area contributed by atoms with Gasteiger partial charge in [-0.05, 0) is 0 Å². The van der Waals surface area contributed by atoms with Gasteiger partial charge in [0.05, 0.1) is 0 Å². The van der Waals surface area contributed by atoms with Crippen LogP contribution in [0.15, 0.2) is 0 Å². The van der Waals surface area contributed by atoms with Crippen molar-refractivity contribution in [1.82, 2.24) is 10.0 Å². The Bertz CT molecular complexity index is 723. The van der Waals surface area contributed by atoms with Crippen molar-refractivity contribution in [2.45, 2.75) is 48.3 Å². The molecule has 4 rings (SSSR count). The minimum atomic E-state index is -3.48. The standard InChI is InChI=1S/C8H8N8O12/c17-11(18)7(12(19)20)3-1-4-8(13(21)22,14(23)24)6(9(3)15(25)26)2-5(7)10(4)16(27)28/h3-6H,1-2H2. The van der Waals surface area contributed by atoms with Crippen LogP contribution in [0.3, 0.4) is 0 Å². The fourth-order valence-corrected chi connectivity index (χ4v) is 4.77. The van der Waals surface area contributed by atoms with E-state index in [1.807, 2.05) is 0 Å². The van der Waals surface area contributed by atoms with Gasteiger partial charge in [-0.2, -0.15) is 0 Å². The van der Waals surface area contributed by atoms with Gasteiger partial charge in [0.25, 0.3) is 0 Å². The van der Waals surface area contributed by atoms with E-state index < -0.39 is 78.1 Å². The zero-order valence-electron chi connectivity index (χ0n) is 13.2. The molecule has 4 fully saturated rings. The Morgan fingerprint density at radius 1 is 0.536 bits per heavy atom. The van der Waals surface area contributed by atoms with Gasteiger partial charge in [-0.3, -0.25) is 40.5 Å². The number of hydrogen-bond donors (Lipinski definition) is 0. The first-order valence-corrected chi connectivity index (χ1v) is 7.31. The maximum absolute atomic E-state index is 11.6. The second-order valence-electron chi connectivity index (χ2n) is 6.36. The summed E-state index contributed by atoms with van der Waals surface area (Å²) in [7, 11) is 0. The number of hydrazine groups is 2. The molecule has 0 amide bonds. The van der Waals surface area contributed by atoms with Gasteiger partial charge in [0.1, 0.15) is 19.7 Å². The first-order valence-electron chi connectivity index (χ1n) is 7.31. The molecular weight excluding hydrogens is 400 g/mol. The van der Waals surface area contributed by atoms with E-state index in [1.54, 1.807) is 0 Å². The van der Waals surface area contributed by atoms with Crippen molar-refractivity contribution in [2.24, 2.45) is 0 Å². The van der Waals surface area contributed by atoms with E-state index in [0.717, 1.165) is 0 Å².